The molecule has 0 saturated heterocycles. The highest BCUT2D eigenvalue weighted by Gasteiger charge is 2.18. The van der Waals surface area contributed by atoms with Crippen LogP contribution in [0.3, 0.4) is 0 Å². The van der Waals surface area contributed by atoms with Crippen LogP contribution in [0.5, 0.6) is 0 Å². The van der Waals surface area contributed by atoms with E-state index in [0.29, 0.717) is 18.9 Å². The first-order valence-corrected chi connectivity index (χ1v) is 8.24. The number of thioether (sulfide) groups is 1. The van der Waals surface area contributed by atoms with Gasteiger partial charge < -0.3 is 10.4 Å². The highest BCUT2D eigenvalue weighted by molar-refractivity contribution is 9.10. The number of benzene rings is 1. The molecule has 1 aromatic rings. The number of hydrogen-bond donors (Lipinski definition) is 2. The SMILES string of the molecule is CSc1cc(Br)ccc1CNC(CC(C)C)C(=O)O. The van der Waals surface area contributed by atoms with Crippen molar-refractivity contribution in [3.8, 4) is 0 Å². The molecule has 0 aliphatic heterocycles. The lowest BCUT2D eigenvalue weighted by molar-refractivity contribution is -0.140. The van der Waals surface area contributed by atoms with Gasteiger partial charge in [-0.3, -0.25) is 4.79 Å². The molecule has 0 radical (unpaired) electrons. The van der Waals surface area contributed by atoms with Crippen molar-refractivity contribution in [2.24, 2.45) is 5.92 Å². The Morgan fingerprint density at radius 2 is 2.16 bits per heavy atom. The number of halogens is 1. The predicted octanol–water partition coefficient (Wildman–Crippen LogP) is 3.76. The average Bonchev–Trinajstić information content (AvgIpc) is 2.34. The molecule has 106 valence electrons. The maximum atomic E-state index is 11.2. The van der Waals surface area contributed by atoms with Gasteiger partial charge in [-0.25, -0.2) is 0 Å². The monoisotopic (exact) mass is 345 g/mol. The normalized spacial score (nSPS) is 12.7. The molecule has 3 nitrogen and oxygen atoms in total. The third-order valence-electron chi connectivity index (χ3n) is 2.79. The number of aliphatic carboxylic acids is 1. The molecule has 0 amide bonds. The average molecular weight is 346 g/mol. The van der Waals surface area contributed by atoms with Gasteiger partial charge in [0.15, 0.2) is 0 Å². The molecule has 0 aliphatic rings. The Kier molecular flexibility index (Phi) is 6.89. The first-order chi connectivity index (χ1) is 8.93. The lowest BCUT2D eigenvalue weighted by atomic mass is 10.0. The van der Waals surface area contributed by atoms with E-state index in [4.69, 9.17) is 0 Å². The zero-order valence-corrected chi connectivity index (χ0v) is 13.8. The highest BCUT2D eigenvalue weighted by Crippen LogP contribution is 2.24. The van der Waals surface area contributed by atoms with Crippen molar-refractivity contribution in [3.63, 3.8) is 0 Å². The van der Waals surface area contributed by atoms with Crippen molar-refractivity contribution in [3.05, 3.63) is 28.2 Å². The van der Waals surface area contributed by atoms with Crippen LogP contribution in [0.1, 0.15) is 25.8 Å². The summed E-state index contributed by atoms with van der Waals surface area (Å²) in [5.74, 6) is -0.421. The van der Waals surface area contributed by atoms with E-state index in [0.717, 1.165) is 14.9 Å². The molecule has 0 aromatic heterocycles. The molecule has 5 heteroatoms. The molecule has 0 fully saturated rings. The summed E-state index contributed by atoms with van der Waals surface area (Å²) in [6, 6.07) is 5.57. The summed E-state index contributed by atoms with van der Waals surface area (Å²) in [5.41, 5.74) is 1.13. The van der Waals surface area contributed by atoms with Crippen LogP contribution in [-0.2, 0) is 11.3 Å². The number of carboxylic acids is 1. The van der Waals surface area contributed by atoms with Gasteiger partial charge >= 0.3 is 5.97 Å². The molecule has 19 heavy (non-hydrogen) atoms. The van der Waals surface area contributed by atoms with E-state index >= 15 is 0 Å². The van der Waals surface area contributed by atoms with E-state index in [1.54, 1.807) is 11.8 Å². The van der Waals surface area contributed by atoms with E-state index in [1.807, 2.05) is 32.2 Å². The van der Waals surface area contributed by atoms with Gasteiger partial charge in [-0.05, 0) is 36.3 Å². The molecule has 1 rings (SSSR count). The summed E-state index contributed by atoms with van der Waals surface area (Å²) in [6.07, 6.45) is 2.66. The van der Waals surface area contributed by atoms with Gasteiger partial charge in [0.2, 0.25) is 0 Å². The number of rotatable bonds is 7. The number of nitrogens with one attached hydrogen (secondary N) is 1. The molecule has 0 bridgehead atoms. The second-order valence-corrected chi connectivity index (χ2v) is 6.62. The summed E-state index contributed by atoms with van der Waals surface area (Å²) >= 11 is 5.11. The molecule has 1 unspecified atom stereocenters. The molecule has 0 aliphatic carbocycles. The van der Waals surface area contributed by atoms with Gasteiger partial charge in [-0.2, -0.15) is 0 Å². The summed E-state index contributed by atoms with van der Waals surface area (Å²) in [7, 11) is 0. The van der Waals surface area contributed by atoms with Crippen molar-refractivity contribution in [2.75, 3.05) is 6.26 Å². The topological polar surface area (TPSA) is 49.3 Å². The predicted molar refractivity (Wildman–Crippen MR) is 83.6 cm³/mol. The van der Waals surface area contributed by atoms with Crippen LogP contribution in [0.2, 0.25) is 0 Å². The van der Waals surface area contributed by atoms with Crippen molar-refractivity contribution in [1.29, 1.82) is 0 Å². The van der Waals surface area contributed by atoms with Crippen LogP contribution in [0.25, 0.3) is 0 Å². The molecule has 0 spiro atoms. The van der Waals surface area contributed by atoms with E-state index in [2.05, 4.69) is 27.3 Å². The smallest absolute Gasteiger partial charge is 0.320 e. The van der Waals surface area contributed by atoms with E-state index < -0.39 is 12.0 Å². The second-order valence-electron chi connectivity index (χ2n) is 4.86. The number of carboxylic acid groups (broad SMARTS) is 1. The van der Waals surface area contributed by atoms with E-state index in [-0.39, 0.29) is 0 Å². The molecule has 2 N–H and O–H groups in total. The Morgan fingerprint density at radius 3 is 2.68 bits per heavy atom. The fraction of sp³-hybridized carbons (Fsp3) is 0.500. The maximum absolute atomic E-state index is 11.2. The van der Waals surface area contributed by atoms with Gasteiger partial charge in [0.1, 0.15) is 6.04 Å². The molecular weight excluding hydrogens is 326 g/mol. The standard InChI is InChI=1S/C14H20BrNO2S/c1-9(2)6-12(14(17)18)16-8-10-4-5-11(15)7-13(10)19-3/h4-5,7,9,12,16H,6,8H2,1-3H3,(H,17,18). The Morgan fingerprint density at radius 1 is 1.47 bits per heavy atom. The summed E-state index contributed by atoms with van der Waals surface area (Å²) < 4.78 is 1.04. The van der Waals surface area contributed by atoms with E-state index in [1.165, 1.54) is 0 Å². The highest BCUT2D eigenvalue weighted by atomic mass is 79.9. The van der Waals surface area contributed by atoms with Gasteiger partial charge in [-0.1, -0.05) is 35.8 Å². The van der Waals surface area contributed by atoms with Gasteiger partial charge in [-0.15, -0.1) is 11.8 Å². The third-order valence-corrected chi connectivity index (χ3v) is 4.11. The molecule has 1 aromatic carbocycles. The fourth-order valence-electron chi connectivity index (χ4n) is 1.84. The van der Waals surface area contributed by atoms with Crippen LogP contribution in [-0.4, -0.2) is 23.4 Å². The minimum Gasteiger partial charge on any atom is -0.480 e. The minimum atomic E-state index is -0.781. The van der Waals surface area contributed by atoms with Gasteiger partial charge in [0, 0.05) is 15.9 Å². The van der Waals surface area contributed by atoms with Crippen molar-refractivity contribution in [2.45, 2.75) is 37.8 Å². The third kappa shape index (κ3) is 5.55. The van der Waals surface area contributed by atoms with Gasteiger partial charge in [0.05, 0.1) is 0 Å². The van der Waals surface area contributed by atoms with Crippen LogP contribution >= 0.6 is 27.7 Å². The zero-order chi connectivity index (χ0) is 14.4. The molecular formula is C14H20BrNO2S. The van der Waals surface area contributed by atoms with Crippen LogP contribution in [0.15, 0.2) is 27.6 Å². The Bertz CT molecular complexity index is 437. The fourth-order valence-corrected chi connectivity index (χ4v) is 3.00. The molecule has 1 atom stereocenters. The van der Waals surface area contributed by atoms with Crippen molar-refractivity contribution >= 4 is 33.7 Å². The van der Waals surface area contributed by atoms with Crippen LogP contribution in [0.4, 0.5) is 0 Å². The Labute approximate surface area is 127 Å². The number of carbonyl (C=O) groups is 1. The summed E-state index contributed by atoms with van der Waals surface area (Å²) in [5, 5.41) is 12.3. The first-order valence-electron chi connectivity index (χ1n) is 6.22. The van der Waals surface area contributed by atoms with Crippen LogP contribution < -0.4 is 5.32 Å². The quantitative estimate of drug-likeness (QED) is 0.738. The summed E-state index contributed by atoms with van der Waals surface area (Å²) in [6.45, 7) is 4.64. The van der Waals surface area contributed by atoms with Gasteiger partial charge in [0.25, 0.3) is 0 Å². The lowest BCUT2D eigenvalue weighted by Crippen LogP contribution is -2.37. The second kappa shape index (κ2) is 7.92. The zero-order valence-electron chi connectivity index (χ0n) is 11.4. The van der Waals surface area contributed by atoms with E-state index in [9.17, 15) is 9.90 Å². The van der Waals surface area contributed by atoms with Crippen molar-refractivity contribution in [1.82, 2.24) is 5.32 Å². The first kappa shape index (κ1) is 16.5. The largest absolute Gasteiger partial charge is 0.480 e. The van der Waals surface area contributed by atoms with Crippen molar-refractivity contribution < 1.29 is 9.90 Å². The Balaban J connectivity index is 2.71. The maximum Gasteiger partial charge on any atom is 0.320 e. The molecule has 0 saturated carbocycles. The lowest BCUT2D eigenvalue weighted by Gasteiger charge is -2.17. The summed E-state index contributed by atoms with van der Waals surface area (Å²) in [4.78, 5) is 12.4. The Hall–Kier alpha value is -0.520. The number of hydrogen-bond acceptors (Lipinski definition) is 3. The van der Waals surface area contributed by atoms with Crippen LogP contribution in [0, 0.1) is 5.92 Å². The minimum absolute atomic E-state index is 0.360. The molecule has 0 heterocycles.